The Kier molecular flexibility index (Phi) is 9.00. The van der Waals surface area contributed by atoms with Crippen molar-refractivity contribution in [3.05, 3.63) is 60.2 Å². The molecule has 0 bridgehead atoms. The number of rotatable bonds is 10. The van der Waals surface area contributed by atoms with Crippen LogP contribution in [0.4, 0.5) is 15.3 Å². The lowest BCUT2D eigenvalue weighted by atomic mass is 10.1. The molecule has 0 spiro atoms. The van der Waals surface area contributed by atoms with E-state index >= 15 is 0 Å². The number of nitrogens with zero attached hydrogens (tertiary/aromatic N) is 1. The van der Waals surface area contributed by atoms with Crippen LogP contribution in [0.25, 0.3) is 0 Å². The first-order chi connectivity index (χ1) is 16.6. The molecule has 1 saturated heterocycles. The van der Waals surface area contributed by atoms with Gasteiger partial charge in [-0.3, -0.25) is 14.9 Å². The molecule has 1 aliphatic heterocycles. The zero-order valence-corrected chi connectivity index (χ0v) is 20.8. The molecule has 2 aromatic carbocycles. The molecule has 0 aromatic heterocycles. The third-order valence-electron chi connectivity index (χ3n) is 4.88. The number of imide groups is 1. The molecule has 3 amide bonds. The molecule has 35 heavy (non-hydrogen) atoms. The van der Waals surface area contributed by atoms with Crippen LogP contribution in [0.5, 0.6) is 5.75 Å². The zero-order valence-electron chi connectivity index (χ0n) is 20.0. The Hall–Kier alpha value is -3.24. The minimum Gasteiger partial charge on any atom is -0.491 e. The van der Waals surface area contributed by atoms with Gasteiger partial charge in [-0.2, -0.15) is 0 Å². The van der Waals surface area contributed by atoms with Gasteiger partial charge in [0.2, 0.25) is 0 Å². The monoisotopic (exact) mass is 501 g/mol. The SMILES string of the molecule is CC(C)(C)OC(=O)N(CCc1ccccc1)C[C@H](O)COc1ccc(NC2SC(=O)NC2=O)cc1. The first-order valence-corrected chi connectivity index (χ1v) is 12.2. The van der Waals surface area contributed by atoms with Crippen molar-refractivity contribution in [1.82, 2.24) is 10.2 Å². The molecule has 0 radical (unpaired) electrons. The average Bonchev–Trinajstić information content (AvgIpc) is 3.12. The molecule has 1 unspecified atom stereocenters. The van der Waals surface area contributed by atoms with E-state index < -0.39 is 23.2 Å². The number of amides is 3. The van der Waals surface area contributed by atoms with Gasteiger partial charge in [-0.05, 0) is 68.8 Å². The van der Waals surface area contributed by atoms with Crippen molar-refractivity contribution in [3.8, 4) is 5.75 Å². The van der Waals surface area contributed by atoms with Crippen LogP contribution in [0.15, 0.2) is 54.6 Å². The minimum atomic E-state index is -0.930. The fourth-order valence-corrected chi connectivity index (χ4v) is 3.98. The maximum absolute atomic E-state index is 12.7. The summed E-state index contributed by atoms with van der Waals surface area (Å²) in [7, 11) is 0. The molecule has 3 N–H and O–H groups in total. The smallest absolute Gasteiger partial charge is 0.410 e. The summed E-state index contributed by atoms with van der Waals surface area (Å²) < 4.78 is 11.2. The molecule has 1 aliphatic rings. The number of hydrogen-bond acceptors (Lipinski definition) is 8. The van der Waals surface area contributed by atoms with E-state index in [1.165, 1.54) is 4.90 Å². The van der Waals surface area contributed by atoms with Gasteiger partial charge in [0.1, 0.15) is 24.1 Å². The highest BCUT2D eigenvalue weighted by Crippen LogP contribution is 2.23. The third kappa shape index (κ3) is 8.80. The molecule has 1 heterocycles. The van der Waals surface area contributed by atoms with Crippen molar-refractivity contribution < 1.29 is 29.0 Å². The summed E-state index contributed by atoms with van der Waals surface area (Å²) in [6.07, 6.45) is -0.790. The van der Waals surface area contributed by atoms with Crippen LogP contribution >= 0.6 is 11.8 Å². The molecule has 0 saturated carbocycles. The van der Waals surface area contributed by atoms with Gasteiger partial charge in [-0.1, -0.05) is 30.3 Å². The molecule has 10 heteroatoms. The summed E-state index contributed by atoms with van der Waals surface area (Å²) in [4.78, 5) is 37.1. The van der Waals surface area contributed by atoms with Crippen LogP contribution in [-0.4, -0.2) is 64.0 Å². The number of aliphatic hydroxyl groups excluding tert-OH is 1. The molecule has 3 rings (SSSR count). The Morgan fingerprint density at radius 3 is 2.43 bits per heavy atom. The zero-order chi connectivity index (χ0) is 25.4. The fourth-order valence-electron chi connectivity index (χ4n) is 3.24. The van der Waals surface area contributed by atoms with E-state index in [0.29, 0.717) is 24.4 Å². The Labute approximate surface area is 209 Å². The third-order valence-corrected chi connectivity index (χ3v) is 5.76. The minimum absolute atomic E-state index is 0.0210. The van der Waals surface area contributed by atoms with Crippen LogP contribution in [0.2, 0.25) is 0 Å². The van der Waals surface area contributed by atoms with E-state index in [9.17, 15) is 19.5 Å². The quantitative estimate of drug-likeness (QED) is 0.452. The Balaban J connectivity index is 1.52. The van der Waals surface area contributed by atoms with E-state index in [0.717, 1.165) is 17.3 Å². The predicted octanol–water partition coefficient (Wildman–Crippen LogP) is 3.63. The molecule has 1 fully saturated rings. The average molecular weight is 502 g/mol. The van der Waals surface area contributed by atoms with Crippen LogP contribution in [0, 0.1) is 0 Å². The van der Waals surface area contributed by atoms with Gasteiger partial charge in [0.15, 0.2) is 5.37 Å². The summed E-state index contributed by atoms with van der Waals surface area (Å²) >= 11 is 0.883. The number of ether oxygens (including phenoxy) is 2. The van der Waals surface area contributed by atoms with E-state index in [2.05, 4.69) is 10.6 Å². The lowest BCUT2D eigenvalue weighted by molar-refractivity contribution is -0.118. The number of anilines is 1. The molecular formula is C25H31N3O6S. The van der Waals surface area contributed by atoms with Crippen LogP contribution < -0.4 is 15.4 Å². The number of benzene rings is 2. The standard InChI is InChI=1S/C25H31N3O6S/c1-25(2,3)34-24(32)28(14-13-17-7-5-4-6-8-17)15-19(29)16-33-20-11-9-18(10-12-20)26-22-21(30)27-23(31)35-22/h4-12,19,22,26,29H,13-16H2,1-3H3,(H,27,30,31)/t19-,22?/m0/s1. The molecule has 9 nitrogen and oxygen atoms in total. The molecule has 188 valence electrons. The van der Waals surface area contributed by atoms with Crippen LogP contribution in [0.1, 0.15) is 26.3 Å². The van der Waals surface area contributed by atoms with E-state index in [1.54, 1.807) is 45.0 Å². The second-order valence-corrected chi connectivity index (χ2v) is 10.1. The fraction of sp³-hybridized carbons (Fsp3) is 0.400. The maximum Gasteiger partial charge on any atom is 0.410 e. The van der Waals surface area contributed by atoms with Gasteiger partial charge >= 0.3 is 6.09 Å². The van der Waals surface area contributed by atoms with E-state index in [1.807, 2.05) is 30.3 Å². The van der Waals surface area contributed by atoms with Crippen molar-refractivity contribution in [1.29, 1.82) is 0 Å². The second kappa shape index (κ2) is 11.9. The highest BCUT2D eigenvalue weighted by atomic mass is 32.2. The highest BCUT2D eigenvalue weighted by Gasteiger charge is 2.31. The van der Waals surface area contributed by atoms with Crippen molar-refractivity contribution in [3.63, 3.8) is 0 Å². The first kappa shape index (κ1) is 26.4. The highest BCUT2D eigenvalue weighted by molar-refractivity contribution is 8.15. The predicted molar refractivity (Wildman–Crippen MR) is 134 cm³/mol. The van der Waals surface area contributed by atoms with Crippen LogP contribution in [-0.2, 0) is 16.0 Å². The largest absolute Gasteiger partial charge is 0.491 e. The summed E-state index contributed by atoms with van der Waals surface area (Å²) in [5.41, 5.74) is 1.08. The molecule has 0 aliphatic carbocycles. The van der Waals surface area contributed by atoms with Crippen molar-refractivity contribution in [2.75, 3.05) is 25.0 Å². The summed E-state index contributed by atoms with van der Waals surface area (Å²) in [5.74, 6) is 0.132. The van der Waals surface area contributed by atoms with Gasteiger partial charge in [0.05, 0.1) is 6.54 Å². The van der Waals surface area contributed by atoms with Gasteiger partial charge < -0.3 is 24.8 Å². The second-order valence-electron chi connectivity index (χ2n) is 9.07. The van der Waals surface area contributed by atoms with Gasteiger partial charge in [-0.25, -0.2) is 4.79 Å². The topological polar surface area (TPSA) is 117 Å². The number of carbonyl (C=O) groups excluding carboxylic acids is 3. The molecular weight excluding hydrogens is 470 g/mol. The molecule has 2 aromatic rings. The summed E-state index contributed by atoms with van der Waals surface area (Å²) in [5, 5.41) is 14.7. The Morgan fingerprint density at radius 2 is 1.83 bits per heavy atom. The maximum atomic E-state index is 12.7. The lowest BCUT2D eigenvalue weighted by Crippen LogP contribution is -2.43. The van der Waals surface area contributed by atoms with Gasteiger partial charge in [0, 0.05) is 12.2 Å². The number of hydrogen-bond donors (Lipinski definition) is 3. The lowest BCUT2D eigenvalue weighted by Gasteiger charge is -2.29. The Bertz CT molecular complexity index is 1010. The van der Waals surface area contributed by atoms with Crippen molar-refractivity contribution in [2.24, 2.45) is 0 Å². The number of aliphatic hydroxyl groups is 1. The molecule has 2 atom stereocenters. The normalized spacial score (nSPS) is 16.4. The van der Waals surface area contributed by atoms with E-state index in [4.69, 9.17) is 9.47 Å². The summed E-state index contributed by atoms with van der Waals surface area (Å²) in [6.45, 7) is 5.83. The number of carbonyl (C=O) groups is 3. The van der Waals surface area contributed by atoms with Crippen molar-refractivity contribution in [2.45, 2.75) is 44.3 Å². The van der Waals surface area contributed by atoms with E-state index in [-0.39, 0.29) is 24.3 Å². The number of thioether (sulfide) groups is 1. The van der Waals surface area contributed by atoms with Crippen molar-refractivity contribution >= 4 is 34.7 Å². The van der Waals surface area contributed by atoms with Crippen LogP contribution in [0.3, 0.4) is 0 Å². The van der Waals surface area contributed by atoms with Gasteiger partial charge in [-0.15, -0.1) is 0 Å². The number of nitrogens with one attached hydrogen (secondary N) is 2. The first-order valence-electron chi connectivity index (χ1n) is 11.3. The summed E-state index contributed by atoms with van der Waals surface area (Å²) in [6, 6.07) is 16.6. The Morgan fingerprint density at radius 1 is 1.14 bits per heavy atom. The van der Waals surface area contributed by atoms with Gasteiger partial charge in [0.25, 0.3) is 11.1 Å².